The van der Waals surface area contributed by atoms with E-state index in [9.17, 15) is 4.79 Å². The van der Waals surface area contributed by atoms with Crippen molar-refractivity contribution in [2.75, 3.05) is 13.1 Å². The Hall–Kier alpha value is -2.43. The molecule has 1 saturated heterocycles. The summed E-state index contributed by atoms with van der Waals surface area (Å²) in [5.41, 5.74) is 2.24. The lowest BCUT2D eigenvalue weighted by atomic mass is 9.93. The van der Waals surface area contributed by atoms with Gasteiger partial charge >= 0.3 is 0 Å². The Morgan fingerprint density at radius 2 is 1.92 bits per heavy atom. The predicted octanol–water partition coefficient (Wildman–Crippen LogP) is 2.96. The fraction of sp³-hybridized carbons (Fsp3) is 0.421. The molecule has 1 amide bonds. The molecule has 1 unspecified atom stereocenters. The fourth-order valence-corrected chi connectivity index (χ4v) is 3.07. The summed E-state index contributed by atoms with van der Waals surface area (Å²) in [6.45, 7) is 5.34. The zero-order chi connectivity index (χ0) is 16.9. The Morgan fingerprint density at radius 1 is 1.21 bits per heavy atom. The van der Waals surface area contributed by atoms with Crippen molar-refractivity contribution in [3.63, 3.8) is 0 Å². The van der Waals surface area contributed by atoms with Crippen LogP contribution < -0.4 is 4.74 Å². The smallest absolute Gasteiger partial charge is 0.263 e. The summed E-state index contributed by atoms with van der Waals surface area (Å²) in [4.78, 5) is 22.8. The molecule has 0 bridgehead atoms. The monoisotopic (exact) mass is 325 g/mol. The van der Waals surface area contributed by atoms with Gasteiger partial charge in [-0.05, 0) is 44.9 Å². The first-order chi connectivity index (χ1) is 11.6. The highest BCUT2D eigenvalue weighted by atomic mass is 16.5. The standard InChI is InChI=1S/C19H23N3O2/c1-14-3-5-17(6-4-14)24-15(2)19(23)22-11-8-16(9-12-22)18-7-10-20-13-21-18/h3-7,10,13,15-16H,8-9,11-12H2,1-2H3. The van der Waals surface area contributed by atoms with Crippen molar-refractivity contribution >= 4 is 5.91 Å². The average Bonchev–Trinajstić information content (AvgIpc) is 2.64. The second kappa shape index (κ2) is 7.43. The molecule has 3 rings (SSSR count). The molecule has 0 spiro atoms. The number of hydrogen-bond acceptors (Lipinski definition) is 4. The summed E-state index contributed by atoms with van der Waals surface area (Å²) in [6.07, 6.45) is 4.75. The zero-order valence-electron chi connectivity index (χ0n) is 14.2. The lowest BCUT2D eigenvalue weighted by Crippen LogP contribution is -2.44. The van der Waals surface area contributed by atoms with E-state index >= 15 is 0 Å². The molecule has 0 radical (unpaired) electrons. The van der Waals surface area contributed by atoms with Gasteiger partial charge in [0.25, 0.3) is 5.91 Å². The third-order valence-electron chi connectivity index (χ3n) is 4.51. The fourth-order valence-electron chi connectivity index (χ4n) is 3.07. The number of hydrogen-bond donors (Lipinski definition) is 0. The third kappa shape index (κ3) is 3.91. The van der Waals surface area contributed by atoms with Crippen LogP contribution >= 0.6 is 0 Å². The zero-order valence-corrected chi connectivity index (χ0v) is 14.2. The van der Waals surface area contributed by atoms with Crippen LogP contribution in [-0.4, -0.2) is 40.0 Å². The summed E-state index contributed by atoms with van der Waals surface area (Å²) in [5.74, 6) is 1.19. The van der Waals surface area contributed by atoms with Crippen LogP contribution in [0.2, 0.25) is 0 Å². The highest BCUT2D eigenvalue weighted by molar-refractivity contribution is 5.81. The molecule has 5 nitrogen and oxygen atoms in total. The Labute approximate surface area is 142 Å². The number of carbonyl (C=O) groups is 1. The van der Waals surface area contributed by atoms with Crippen LogP contribution in [0.15, 0.2) is 42.9 Å². The van der Waals surface area contributed by atoms with Crippen molar-refractivity contribution in [2.45, 2.75) is 38.7 Å². The number of rotatable bonds is 4. The number of aromatic nitrogens is 2. The van der Waals surface area contributed by atoms with Gasteiger partial charge in [0.05, 0.1) is 0 Å². The minimum Gasteiger partial charge on any atom is -0.481 e. The van der Waals surface area contributed by atoms with Crippen LogP contribution in [0.3, 0.4) is 0 Å². The lowest BCUT2D eigenvalue weighted by molar-refractivity contribution is -0.139. The summed E-state index contributed by atoms with van der Waals surface area (Å²) >= 11 is 0. The van der Waals surface area contributed by atoms with E-state index < -0.39 is 6.10 Å². The summed E-state index contributed by atoms with van der Waals surface area (Å²) < 4.78 is 5.78. The van der Waals surface area contributed by atoms with Crippen LogP contribution in [0.1, 0.15) is 36.9 Å². The van der Waals surface area contributed by atoms with Crippen molar-refractivity contribution < 1.29 is 9.53 Å². The summed E-state index contributed by atoms with van der Waals surface area (Å²) in [6, 6.07) is 9.74. The number of aryl methyl sites for hydroxylation is 1. The first-order valence-electron chi connectivity index (χ1n) is 8.41. The van der Waals surface area contributed by atoms with Crippen molar-refractivity contribution in [1.82, 2.24) is 14.9 Å². The molecule has 5 heteroatoms. The molecule has 0 N–H and O–H groups in total. The molecular formula is C19H23N3O2. The van der Waals surface area contributed by atoms with Crippen LogP contribution in [0.5, 0.6) is 5.75 Å². The second-order valence-electron chi connectivity index (χ2n) is 6.31. The van der Waals surface area contributed by atoms with Gasteiger partial charge in [-0.3, -0.25) is 4.79 Å². The van der Waals surface area contributed by atoms with Crippen LogP contribution in [0.25, 0.3) is 0 Å². The Bertz CT molecular complexity index is 665. The molecule has 2 aromatic rings. The van der Waals surface area contributed by atoms with E-state index in [0.29, 0.717) is 5.92 Å². The maximum atomic E-state index is 12.6. The van der Waals surface area contributed by atoms with Gasteiger partial charge in [0.1, 0.15) is 12.1 Å². The van der Waals surface area contributed by atoms with E-state index in [0.717, 1.165) is 37.4 Å². The first-order valence-corrected chi connectivity index (χ1v) is 8.41. The highest BCUT2D eigenvalue weighted by Crippen LogP contribution is 2.26. The number of nitrogens with zero attached hydrogens (tertiary/aromatic N) is 3. The molecule has 24 heavy (non-hydrogen) atoms. The Kier molecular flexibility index (Phi) is 5.08. The first kappa shape index (κ1) is 16.4. The van der Waals surface area contributed by atoms with E-state index in [4.69, 9.17) is 4.74 Å². The number of piperidine rings is 1. The second-order valence-corrected chi connectivity index (χ2v) is 6.31. The van der Waals surface area contributed by atoms with Gasteiger partial charge < -0.3 is 9.64 Å². The molecule has 0 saturated carbocycles. The molecular weight excluding hydrogens is 302 g/mol. The molecule has 1 atom stereocenters. The molecule has 1 aromatic carbocycles. The van der Waals surface area contributed by atoms with Crippen LogP contribution in [0, 0.1) is 6.92 Å². The van der Waals surface area contributed by atoms with Gasteiger partial charge in [-0.15, -0.1) is 0 Å². The Balaban J connectivity index is 1.53. The minimum atomic E-state index is -0.469. The number of benzene rings is 1. The van der Waals surface area contributed by atoms with E-state index in [1.54, 1.807) is 12.5 Å². The number of likely N-dealkylation sites (tertiary alicyclic amines) is 1. The summed E-state index contributed by atoms with van der Waals surface area (Å²) in [7, 11) is 0. The SMILES string of the molecule is Cc1ccc(OC(C)C(=O)N2CCC(c3ccncn3)CC2)cc1. The van der Waals surface area contributed by atoms with E-state index in [-0.39, 0.29) is 5.91 Å². The van der Waals surface area contributed by atoms with E-state index in [2.05, 4.69) is 9.97 Å². The Morgan fingerprint density at radius 3 is 2.54 bits per heavy atom. The van der Waals surface area contributed by atoms with Gasteiger partial charge in [0, 0.05) is 30.9 Å². The third-order valence-corrected chi connectivity index (χ3v) is 4.51. The van der Waals surface area contributed by atoms with Gasteiger partial charge in [0.15, 0.2) is 6.10 Å². The van der Waals surface area contributed by atoms with E-state index in [1.807, 2.05) is 49.1 Å². The maximum Gasteiger partial charge on any atom is 0.263 e. The molecule has 1 aliphatic rings. The molecule has 1 aliphatic heterocycles. The summed E-state index contributed by atoms with van der Waals surface area (Å²) in [5, 5.41) is 0. The maximum absolute atomic E-state index is 12.6. The highest BCUT2D eigenvalue weighted by Gasteiger charge is 2.28. The molecule has 1 aromatic heterocycles. The largest absolute Gasteiger partial charge is 0.481 e. The normalized spacial score (nSPS) is 16.7. The predicted molar refractivity (Wildman–Crippen MR) is 91.9 cm³/mol. The lowest BCUT2D eigenvalue weighted by Gasteiger charge is -2.33. The van der Waals surface area contributed by atoms with Gasteiger partial charge in [0.2, 0.25) is 0 Å². The van der Waals surface area contributed by atoms with Crippen molar-refractivity contribution in [3.05, 3.63) is 54.1 Å². The topological polar surface area (TPSA) is 55.3 Å². The van der Waals surface area contributed by atoms with Crippen LogP contribution in [0.4, 0.5) is 0 Å². The number of ether oxygens (including phenoxy) is 1. The van der Waals surface area contributed by atoms with Gasteiger partial charge in [-0.2, -0.15) is 0 Å². The van der Waals surface area contributed by atoms with Crippen molar-refractivity contribution in [1.29, 1.82) is 0 Å². The quantitative estimate of drug-likeness (QED) is 0.867. The minimum absolute atomic E-state index is 0.0525. The molecule has 126 valence electrons. The molecule has 0 aliphatic carbocycles. The molecule has 2 heterocycles. The average molecular weight is 325 g/mol. The van der Waals surface area contributed by atoms with E-state index in [1.165, 1.54) is 5.56 Å². The van der Waals surface area contributed by atoms with Gasteiger partial charge in [-0.25, -0.2) is 9.97 Å². The number of amides is 1. The molecule has 1 fully saturated rings. The van der Waals surface area contributed by atoms with Crippen LogP contribution in [-0.2, 0) is 4.79 Å². The van der Waals surface area contributed by atoms with Crippen molar-refractivity contribution in [2.24, 2.45) is 0 Å². The number of carbonyl (C=O) groups excluding carboxylic acids is 1. The van der Waals surface area contributed by atoms with Gasteiger partial charge in [-0.1, -0.05) is 17.7 Å². The van der Waals surface area contributed by atoms with Crippen molar-refractivity contribution in [3.8, 4) is 5.75 Å².